The van der Waals surface area contributed by atoms with Gasteiger partial charge in [0.05, 0.1) is 6.54 Å². The molecule has 2 aliphatic heterocycles. The molecular formula is C23H26ClFN2O. The van der Waals surface area contributed by atoms with Gasteiger partial charge in [0.15, 0.2) is 0 Å². The molecular weight excluding hydrogens is 375 g/mol. The quantitative estimate of drug-likeness (QED) is 0.824. The molecule has 1 saturated heterocycles. The molecule has 3 unspecified atom stereocenters. The van der Waals surface area contributed by atoms with Crippen LogP contribution in [0.4, 0.5) is 10.1 Å². The number of likely N-dealkylation sites (tertiary alicyclic amines) is 1. The van der Waals surface area contributed by atoms with Crippen LogP contribution in [0.25, 0.3) is 0 Å². The molecule has 1 N–H and O–H groups in total. The van der Waals surface area contributed by atoms with Crippen molar-refractivity contribution in [2.75, 3.05) is 31.6 Å². The van der Waals surface area contributed by atoms with Crippen molar-refractivity contribution in [2.24, 2.45) is 5.92 Å². The molecule has 0 bridgehead atoms. The zero-order valence-corrected chi connectivity index (χ0v) is 16.9. The van der Waals surface area contributed by atoms with E-state index in [1.54, 1.807) is 12.1 Å². The lowest BCUT2D eigenvalue weighted by Gasteiger charge is -2.41. The van der Waals surface area contributed by atoms with Crippen molar-refractivity contribution >= 4 is 17.3 Å². The fraction of sp³-hybridized carbons (Fsp3) is 0.478. The van der Waals surface area contributed by atoms with Gasteiger partial charge in [0.25, 0.3) is 0 Å². The largest absolute Gasteiger partial charge is 0.383 e. The smallest absolute Gasteiger partial charge is 0.123 e. The molecule has 0 amide bonds. The molecule has 2 fully saturated rings. The molecule has 5 heteroatoms. The molecule has 0 radical (unpaired) electrons. The summed E-state index contributed by atoms with van der Waals surface area (Å²) in [6.45, 7) is 2.60. The summed E-state index contributed by atoms with van der Waals surface area (Å²) in [6, 6.07) is 12.9. The lowest BCUT2D eigenvalue weighted by atomic mass is 9.86. The molecule has 0 aromatic heterocycles. The van der Waals surface area contributed by atoms with Crippen molar-refractivity contribution in [3.8, 4) is 0 Å². The second-order valence-corrected chi connectivity index (χ2v) is 9.20. The maximum atomic E-state index is 13.5. The van der Waals surface area contributed by atoms with Gasteiger partial charge in [0.2, 0.25) is 0 Å². The van der Waals surface area contributed by atoms with Crippen LogP contribution in [-0.4, -0.2) is 42.7 Å². The number of hydrogen-bond acceptors (Lipinski definition) is 3. The summed E-state index contributed by atoms with van der Waals surface area (Å²) in [6.07, 6.45) is 3.11. The van der Waals surface area contributed by atoms with E-state index in [0.717, 1.165) is 42.9 Å². The topological polar surface area (TPSA) is 26.7 Å². The standard InChI is InChI=1S/C23H26ClFN2O/c1-26-11-10-22-20(13-26)19-12-17(24)6-9-21(19)27(22)14-23(28,15-2-3-15)16-4-7-18(25)8-5-16/h4-9,12,15,20,22,28H,2-3,10-11,13-14H2,1H3. The van der Waals surface area contributed by atoms with Gasteiger partial charge in [-0.2, -0.15) is 0 Å². The molecule has 3 atom stereocenters. The number of rotatable bonds is 4. The second kappa shape index (κ2) is 6.72. The number of β-amino-alcohol motifs (C(OH)–C–C–N with tert-alkyl or cyclic N) is 1. The Morgan fingerprint density at radius 3 is 2.61 bits per heavy atom. The molecule has 3 aliphatic rings. The van der Waals surface area contributed by atoms with Gasteiger partial charge in [0, 0.05) is 29.2 Å². The predicted molar refractivity (Wildman–Crippen MR) is 110 cm³/mol. The first-order valence-corrected chi connectivity index (χ1v) is 10.6. The number of piperidine rings is 1. The Morgan fingerprint density at radius 1 is 1.14 bits per heavy atom. The number of halogens is 2. The van der Waals surface area contributed by atoms with E-state index < -0.39 is 5.60 Å². The number of fused-ring (bicyclic) bond motifs is 3. The highest BCUT2D eigenvalue weighted by Gasteiger charge is 2.50. The van der Waals surface area contributed by atoms with E-state index in [2.05, 4.69) is 29.0 Å². The van der Waals surface area contributed by atoms with Gasteiger partial charge in [0.1, 0.15) is 11.4 Å². The molecule has 148 valence electrons. The minimum Gasteiger partial charge on any atom is -0.383 e. The molecule has 5 rings (SSSR count). The van der Waals surface area contributed by atoms with Crippen molar-refractivity contribution in [3.05, 3.63) is 64.4 Å². The van der Waals surface area contributed by atoms with Crippen molar-refractivity contribution in [1.82, 2.24) is 4.90 Å². The maximum Gasteiger partial charge on any atom is 0.123 e. The predicted octanol–water partition coefficient (Wildman–Crippen LogP) is 4.38. The Labute approximate surface area is 170 Å². The number of nitrogens with zero attached hydrogens (tertiary/aromatic N) is 2. The number of hydrogen-bond donors (Lipinski definition) is 1. The summed E-state index contributed by atoms with van der Waals surface area (Å²) >= 11 is 6.33. The molecule has 2 aromatic rings. The van der Waals surface area contributed by atoms with Crippen LogP contribution in [0.15, 0.2) is 42.5 Å². The van der Waals surface area contributed by atoms with Gasteiger partial charge >= 0.3 is 0 Å². The van der Waals surface area contributed by atoms with Crippen LogP contribution in [0.2, 0.25) is 5.02 Å². The first-order chi connectivity index (χ1) is 13.5. The summed E-state index contributed by atoms with van der Waals surface area (Å²) in [5.74, 6) is 0.376. The van der Waals surface area contributed by atoms with E-state index in [-0.39, 0.29) is 11.7 Å². The van der Waals surface area contributed by atoms with Gasteiger partial charge < -0.3 is 14.9 Å². The maximum absolute atomic E-state index is 13.5. The summed E-state index contributed by atoms with van der Waals surface area (Å²) in [5, 5.41) is 12.6. The number of anilines is 1. The first-order valence-electron chi connectivity index (χ1n) is 10.2. The van der Waals surface area contributed by atoms with Crippen LogP contribution < -0.4 is 4.90 Å². The van der Waals surface area contributed by atoms with E-state index in [1.165, 1.54) is 23.4 Å². The fourth-order valence-corrected chi connectivity index (χ4v) is 5.44. The third-order valence-electron chi connectivity index (χ3n) is 6.89. The first kappa shape index (κ1) is 18.4. The zero-order valence-electron chi connectivity index (χ0n) is 16.1. The van der Waals surface area contributed by atoms with E-state index in [0.29, 0.717) is 18.5 Å². The van der Waals surface area contributed by atoms with E-state index in [4.69, 9.17) is 11.6 Å². The van der Waals surface area contributed by atoms with E-state index in [1.807, 2.05) is 6.07 Å². The van der Waals surface area contributed by atoms with Gasteiger partial charge in [-0.15, -0.1) is 0 Å². The Morgan fingerprint density at radius 2 is 1.89 bits per heavy atom. The van der Waals surface area contributed by atoms with Crippen LogP contribution >= 0.6 is 11.6 Å². The normalized spacial score (nSPS) is 26.6. The van der Waals surface area contributed by atoms with Gasteiger partial charge in [-0.05, 0) is 80.2 Å². The molecule has 2 aromatic carbocycles. The van der Waals surface area contributed by atoms with Gasteiger partial charge in [-0.3, -0.25) is 0 Å². The third kappa shape index (κ3) is 3.02. The minimum atomic E-state index is -0.956. The number of aliphatic hydroxyl groups is 1. The Bertz CT molecular complexity index is 885. The van der Waals surface area contributed by atoms with Gasteiger partial charge in [-0.25, -0.2) is 4.39 Å². The summed E-state index contributed by atoms with van der Waals surface area (Å²) < 4.78 is 13.5. The van der Waals surface area contributed by atoms with Crippen molar-refractivity contribution in [3.63, 3.8) is 0 Å². The summed E-state index contributed by atoms with van der Waals surface area (Å²) in [5.41, 5.74) is 2.35. The van der Waals surface area contributed by atoms with Gasteiger partial charge in [-0.1, -0.05) is 23.7 Å². The van der Waals surface area contributed by atoms with E-state index >= 15 is 0 Å². The van der Waals surface area contributed by atoms with Crippen molar-refractivity contribution < 1.29 is 9.50 Å². The molecule has 1 aliphatic carbocycles. The van der Waals surface area contributed by atoms with Crippen LogP contribution in [0, 0.1) is 11.7 Å². The van der Waals surface area contributed by atoms with Crippen LogP contribution in [-0.2, 0) is 5.60 Å². The highest BCUT2D eigenvalue weighted by atomic mass is 35.5. The minimum absolute atomic E-state index is 0.235. The molecule has 1 saturated carbocycles. The van der Waals surface area contributed by atoms with E-state index in [9.17, 15) is 9.50 Å². The summed E-state index contributed by atoms with van der Waals surface area (Å²) in [7, 11) is 2.17. The molecule has 2 heterocycles. The molecule has 3 nitrogen and oxygen atoms in total. The average Bonchev–Trinajstić information content (AvgIpc) is 3.49. The molecule has 0 spiro atoms. The lowest BCUT2D eigenvalue weighted by Crippen LogP contribution is -2.50. The third-order valence-corrected chi connectivity index (χ3v) is 7.12. The van der Waals surface area contributed by atoms with Crippen molar-refractivity contribution in [2.45, 2.75) is 36.8 Å². The highest BCUT2D eigenvalue weighted by Crippen LogP contribution is 2.51. The number of benzene rings is 2. The van der Waals surface area contributed by atoms with Crippen molar-refractivity contribution in [1.29, 1.82) is 0 Å². The Hall–Kier alpha value is -1.62. The van der Waals surface area contributed by atoms with Crippen LogP contribution in [0.3, 0.4) is 0 Å². The number of likely N-dealkylation sites (N-methyl/N-ethyl adjacent to an activating group) is 1. The summed E-state index contributed by atoms with van der Waals surface area (Å²) in [4.78, 5) is 4.79. The average molecular weight is 401 g/mol. The van der Waals surface area contributed by atoms with Crippen LogP contribution in [0.5, 0.6) is 0 Å². The van der Waals surface area contributed by atoms with Crippen LogP contribution in [0.1, 0.15) is 36.3 Å². The monoisotopic (exact) mass is 400 g/mol. The fourth-order valence-electron chi connectivity index (χ4n) is 5.26. The Balaban J connectivity index is 1.53. The highest BCUT2D eigenvalue weighted by molar-refractivity contribution is 6.30. The SMILES string of the molecule is CN1CCC2C(C1)c1cc(Cl)ccc1N2CC(O)(c1ccc(F)cc1)C1CC1. The molecule has 28 heavy (non-hydrogen) atoms. The lowest BCUT2D eigenvalue weighted by molar-refractivity contribution is 0.0175. The zero-order chi connectivity index (χ0) is 19.5. The second-order valence-electron chi connectivity index (χ2n) is 8.76. The Kier molecular flexibility index (Phi) is 4.42.